The molecule has 1 aromatic carbocycles. The first kappa shape index (κ1) is 10.5. The summed E-state index contributed by atoms with van der Waals surface area (Å²) in [5.41, 5.74) is 2.43. The van der Waals surface area contributed by atoms with E-state index in [1.54, 1.807) is 19.1 Å². The summed E-state index contributed by atoms with van der Waals surface area (Å²) in [6.07, 6.45) is 0. The van der Waals surface area contributed by atoms with Crippen molar-refractivity contribution in [2.75, 3.05) is 0 Å². The molecule has 82 valence electrons. The second kappa shape index (κ2) is 3.86. The molecule has 0 spiro atoms. The summed E-state index contributed by atoms with van der Waals surface area (Å²) < 4.78 is 13.6. The first-order chi connectivity index (χ1) is 7.61. The van der Waals surface area contributed by atoms with Gasteiger partial charge in [0.25, 0.3) is 5.91 Å². The molecular weight excluding hydrogens is 211 g/mol. The van der Waals surface area contributed by atoms with Crippen LogP contribution in [0.2, 0.25) is 0 Å². The molecule has 0 aliphatic heterocycles. The Kier molecular flexibility index (Phi) is 2.54. The largest absolute Gasteiger partial charge is 0.288 e. The second-order valence-electron chi connectivity index (χ2n) is 3.42. The summed E-state index contributed by atoms with van der Waals surface area (Å²) in [5.74, 6) is -1.33. The Balaban J connectivity index is 2.68. The minimum atomic E-state index is -0.749. The average Bonchev–Trinajstić information content (AvgIpc) is 2.28. The van der Waals surface area contributed by atoms with Gasteiger partial charge in [0.05, 0.1) is 0 Å². The zero-order chi connectivity index (χ0) is 11.7. The third kappa shape index (κ3) is 1.72. The lowest BCUT2D eigenvalue weighted by Gasteiger charge is -2.03. The molecule has 2 N–H and O–H groups in total. The van der Waals surface area contributed by atoms with Crippen molar-refractivity contribution in [1.82, 2.24) is 10.5 Å². The molecule has 1 aromatic heterocycles. The third-order valence-electron chi connectivity index (χ3n) is 2.25. The van der Waals surface area contributed by atoms with E-state index in [2.05, 4.69) is 4.98 Å². The summed E-state index contributed by atoms with van der Waals surface area (Å²) in [7, 11) is 0. The number of nitrogens with zero attached hydrogens (tertiary/aromatic N) is 1. The van der Waals surface area contributed by atoms with E-state index >= 15 is 0 Å². The van der Waals surface area contributed by atoms with Gasteiger partial charge in [0.2, 0.25) is 0 Å². The van der Waals surface area contributed by atoms with Crippen LogP contribution in [0.15, 0.2) is 24.3 Å². The molecule has 0 saturated carbocycles. The van der Waals surface area contributed by atoms with Crippen molar-refractivity contribution >= 4 is 16.8 Å². The molecule has 2 aromatic rings. The Bertz CT molecular complexity index is 569. The molecule has 5 heteroatoms. The highest BCUT2D eigenvalue weighted by Crippen LogP contribution is 2.18. The van der Waals surface area contributed by atoms with Gasteiger partial charge < -0.3 is 0 Å². The van der Waals surface area contributed by atoms with Crippen molar-refractivity contribution in [2.45, 2.75) is 6.92 Å². The zero-order valence-electron chi connectivity index (χ0n) is 8.49. The Labute approximate surface area is 90.7 Å². The SMILES string of the molecule is Cc1ccc2cc(C(=O)NO)cc(F)c2n1. The standard InChI is InChI=1S/C11H9FN2O2/c1-6-2-3-7-4-8(11(15)14-16)5-9(12)10(7)13-6/h2-5,16H,1H3,(H,14,15). The number of nitrogens with one attached hydrogen (secondary N) is 1. The van der Waals surface area contributed by atoms with Gasteiger partial charge in [-0.25, -0.2) is 9.87 Å². The number of rotatable bonds is 1. The minimum Gasteiger partial charge on any atom is -0.288 e. The lowest BCUT2D eigenvalue weighted by atomic mass is 10.1. The van der Waals surface area contributed by atoms with Crippen LogP contribution < -0.4 is 5.48 Å². The van der Waals surface area contributed by atoms with Crippen LogP contribution in [0.25, 0.3) is 10.9 Å². The van der Waals surface area contributed by atoms with Gasteiger partial charge in [-0.15, -0.1) is 0 Å². The molecule has 2 rings (SSSR count). The number of carbonyl (C=O) groups is 1. The van der Waals surface area contributed by atoms with Crippen molar-refractivity contribution in [2.24, 2.45) is 0 Å². The molecule has 1 amide bonds. The number of aromatic nitrogens is 1. The summed E-state index contributed by atoms with van der Waals surface area (Å²) in [6, 6.07) is 5.91. The van der Waals surface area contributed by atoms with Crippen LogP contribution in [0, 0.1) is 12.7 Å². The number of benzene rings is 1. The van der Waals surface area contributed by atoms with Gasteiger partial charge in [-0.2, -0.15) is 0 Å². The highest BCUT2D eigenvalue weighted by molar-refractivity contribution is 5.97. The molecule has 1 heterocycles. The number of carbonyl (C=O) groups excluding carboxylic acids is 1. The molecule has 4 nitrogen and oxygen atoms in total. The molecule has 0 aliphatic rings. The first-order valence-corrected chi connectivity index (χ1v) is 4.63. The van der Waals surface area contributed by atoms with Gasteiger partial charge in [0.1, 0.15) is 11.3 Å². The van der Waals surface area contributed by atoms with Crippen LogP contribution >= 0.6 is 0 Å². The summed E-state index contributed by atoms with van der Waals surface area (Å²) in [6.45, 7) is 1.76. The molecule has 0 aliphatic carbocycles. The number of aryl methyl sites for hydroxylation is 1. The fraction of sp³-hybridized carbons (Fsp3) is 0.0909. The van der Waals surface area contributed by atoms with Gasteiger partial charge in [-0.3, -0.25) is 15.0 Å². The minimum absolute atomic E-state index is 0.0538. The Morgan fingerprint density at radius 3 is 2.88 bits per heavy atom. The molecule has 16 heavy (non-hydrogen) atoms. The molecule has 0 fully saturated rings. The number of hydroxylamine groups is 1. The van der Waals surface area contributed by atoms with Gasteiger partial charge >= 0.3 is 0 Å². The van der Waals surface area contributed by atoms with Crippen LogP contribution in [0.4, 0.5) is 4.39 Å². The Hall–Kier alpha value is -2.01. The lowest BCUT2D eigenvalue weighted by Crippen LogP contribution is -2.18. The lowest BCUT2D eigenvalue weighted by molar-refractivity contribution is 0.0706. The predicted octanol–water partition coefficient (Wildman–Crippen LogP) is 1.80. The van der Waals surface area contributed by atoms with E-state index in [0.29, 0.717) is 11.1 Å². The maximum absolute atomic E-state index is 13.6. The van der Waals surface area contributed by atoms with Gasteiger partial charge in [-0.1, -0.05) is 6.07 Å². The molecule has 0 unspecified atom stereocenters. The Morgan fingerprint density at radius 2 is 2.19 bits per heavy atom. The van der Waals surface area contributed by atoms with E-state index < -0.39 is 11.7 Å². The van der Waals surface area contributed by atoms with Gasteiger partial charge in [0.15, 0.2) is 0 Å². The number of halogens is 1. The number of pyridine rings is 1. The van der Waals surface area contributed by atoms with Crippen LogP contribution in [-0.4, -0.2) is 16.1 Å². The fourth-order valence-electron chi connectivity index (χ4n) is 1.48. The van der Waals surface area contributed by atoms with Gasteiger partial charge in [-0.05, 0) is 25.1 Å². The monoisotopic (exact) mass is 220 g/mol. The third-order valence-corrected chi connectivity index (χ3v) is 2.25. The average molecular weight is 220 g/mol. The highest BCUT2D eigenvalue weighted by Gasteiger charge is 2.10. The van der Waals surface area contributed by atoms with E-state index in [1.807, 2.05) is 0 Å². The zero-order valence-corrected chi connectivity index (χ0v) is 8.49. The van der Waals surface area contributed by atoms with Crippen molar-refractivity contribution in [3.63, 3.8) is 0 Å². The molecule has 0 saturated heterocycles. The Morgan fingerprint density at radius 1 is 1.44 bits per heavy atom. The van der Waals surface area contributed by atoms with E-state index in [0.717, 1.165) is 6.07 Å². The van der Waals surface area contributed by atoms with E-state index in [-0.39, 0.29) is 11.1 Å². The van der Waals surface area contributed by atoms with Crippen molar-refractivity contribution in [3.8, 4) is 0 Å². The van der Waals surface area contributed by atoms with Crippen LogP contribution in [0.5, 0.6) is 0 Å². The maximum atomic E-state index is 13.6. The van der Waals surface area contributed by atoms with Crippen LogP contribution in [-0.2, 0) is 0 Å². The highest BCUT2D eigenvalue weighted by atomic mass is 19.1. The molecule has 0 atom stereocenters. The van der Waals surface area contributed by atoms with Crippen LogP contribution in [0.1, 0.15) is 16.1 Å². The fourth-order valence-corrected chi connectivity index (χ4v) is 1.48. The summed E-state index contributed by atoms with van der Waals surface area (Å²) in [5, 5.41) is 8.98. The number of hydrogen-bond acceptors (Lipinski definition) is 3. The van der Waals surface area contributed by atoms with Crippen molar-refractivity contribution in [3.05, 3.63) is 41.3 Å². The van der Waals surface area contributed by atoms with E-state index in [4.69, 9.17) is 5.21 Å². The normalized spacial score (nSPS) is 10.4. The maximum Gasteiger partial charge on any atom is 0.274 e. The van der Waals surface area contributed by atoms with Crippen molar-refractivity contribution in [1.29, 1.82) is 0 Å². The quantitative estimate of drug-likeness (QED) is 0.569. The number of amides is 1. The molecule has 0 radical (unpaired) electrons. The topological polar surface area (TPSA) is 62.2 Å². The number of fused-ring (bicyclic) bond motifs is 1. The van der Waals surface area contributed by atoms with Crippen LogP contribution in [0.3, 0.4) is 0 Å². The predicted molar refractivity (Wildman–Crippen MR) is 55.7 cm³/mol. The van der Waals surface area contributed by atoms with E-state index in [1.165, 1.54) is 11.5 Å². The first-order valence-electron chi connectivity index (χ1n) is 4.63. The second-order valence-corrected chi connectivity index (χ2v) is 3.42. The van der Waals surface area contributed by atoms with E-state index in [9.17, 15) is 9.18 Å². The summed E-state index contributed by atoms with van der Waals surface area (Å²) >= 11 is 0. The van der Waals surface area contributed by atoms with Crippen molar-refractivity contribution < 1.29 is 14.4 Å². The smallest absolute Gasteiger partial charge is 0.274 e. The molecule has 0 bridgehead atoms. The number of hydrogen-bond donors (Lipinski definition) is 2. The summed E-state index contributed by atoms with van der Waals surface area (Å²) in [4.78, 5) is 15.2. The molecular formula is C11H9FN2O2. The van der Waals surface area contributed by atoms with Gasteiger partial charge in [0, 0.05) is 16.6 Å².